The number of nitrogens with zero attached hydrogens (tertiary/aromatic N) is 1. The summed E-state index contributed by atoms with van der Waals surface area (Å²) >= 11 is 0. The summed E-state index contributed by atoms with van der Waals surface area (Å²) in [6.07, 6.45) is 0. The number of sulfonamides is 1. The van der Waals surface area contributed by atoms with E-state index in [4.69, 9.17) is 4.74 Å². The number of rotatable bonds is 5. The van der Waals surface area contributed by atoms with E-state index >= 15 is 0 Å². The molecule has 1 N–H and O–H groups in total. The van der Waals surface area contributed by atoms with E-state index in [1.807, 2.05) is 31.2 Å². The molecule has 1 heterocycles. The highest BCUT2D eigenvalue weighted by atomic mass is 32.2. The molecule has 2 amide bonds. The molecule has 0 aromatic heterocycles. The van der Waals surface area contributed by atoms with E-state index < -0.39 is 28.4 Å². The molecule has 30 heavy (non-hydrogen) atoms. The number of hydrogen-bond donors (Lipinski definition) is 1. The molecule has 0 spiro atoms. The van der Waals surface area contributed by atoms with Crippen LogP contribution in [0.25, 0.3) is 0 Å². The number of amides is 2. The van der Waals surface area contributed by atoms with Gasteiger partial charge in [0.05, 0.1) is 5.56 Å². The Labute approximate surface area is 174 Å². The van der Waals surface area contributed by atoms with Gasteiger partial charge in [-0.3, -0.25) is 9.59 Å². The van der Waals surface area contributed by atoms with Gasteiger partial charge in [-0.05, 0) is 61.0 Å². The average molecular weight is 422 g/mol. The van der Waals surface area contributed by atoms with Crippen LogP contribution < -0.4 is 10.1 Å². The molecule has 4 rings (SSSR count). The Morgan fingerprint density at radius 3 is 2.40 bits per heavy atom. The molecule has 0 fully saturated rings. The predicted octanol–water partition coefficient (Wildman–Crippen LogP) is 3.57. The number of aryl methyl sites for hydroxylation is 1. The maximum Gasteiger partial charge on any atom is 0.269 e. The molecule has 3 aromatic rings. The third-order valence-electron chi connectivity index (χ3n) is 4.56. The number of nitrogens with one attached hydrogen (secondary N) is 1. The van der Waals surface area contributed by atoms with Crippen molar-refractivity contribution < 1.29 is 22.7 Å². The molecule has 1 aliphatic heterocycles. The van der Waals surface area contributed by atoms with Crippen LogP contribution in [0.4, 0.5) is 5.69 Å². The van der Waals surface area contributed by atoms with Gasteiger partial charge in [-0.25, -0.2) is 12.7 Å². The Hall–Kier alpha value is -3.65. The monoisotopic (exact) mass is 422 g/mol. The minimum atomic E-state index is -4.02. The fourth-order valence-electron chi connectivity index (χ4n) is 3.14. The van der Waals surface area contributed by atoms with Gasteiger partial charge < -0.3 is 10.1 Å². The largest absolute Gasteiger partial charge is 0.457 e. The van der Waals surface area contributed by atoms with Crippen LogP contribution in [0.2, 0.25) is 0 Å². The highest BCUT2D eigenvalue weighted by Crippen LogP contribution is 2.30. The van der Waals surface area contributed by atoms with Gasteiger partial charge in [-0.1, -0.05) is 24.3 Å². The highest BCUT2D eigenvalue weighted by molar-refractivity contribution is 7.90. The minimum Gasteiger partial charge on any atom is -0.457 e. The normalized spacial score (nSPS) is 14.3. The smallest absolute Gasteiger partial charge is 0.269 e. The Balaban J connectivity index is 1.42. The topological polar surface area (TPSA) is 92.8 Å². The van der Waals surface area contributed by atoms with E-state index in [0.29, 0.717) is 21.5 Å². The standard InChI is InChI=1S/C22H18N2O5S/c1-15-5-4-6-18(13-15)29-17-11-9-16(10-12-17)23-21(25)14-24-22(26)19-7-2-3-8-20(19)30(24,27)28/h2-13H,14H2,1H3,(H,23,25). The van der Waals surface area contributed by atoms with Gasteiger partial charge in [0, 0.05) is 5.69 Å². The zero-order valence-electron chi connectivity index (χ0n) is 16.0. The number of hydrogen-bond acceptors (Lipinski definition) is 5. The van der Waals surface area contributed by atoms with E-state index in [1.165, 1.54) is 18.2 Å². The van der Waals surface area contributed by atoms with Crippen LogP contribution in [-0.4, -0.2) is 31.1 Å². The Kier molecular flexibility index (Phi) is 5.01. The van der Waals surface area contributed by atoms with Crippen molar-refractivity contribution in [3.05, 3.63) is 83.9 Å². The fraction of sp³-hybridized carbons (Fsp3) is 0.0909. The SMILES string of the molecule is Cc1cccc(Oc2ccc(NC(=O)CN3C(=O)c4ccccc4S3(=O)=O)cc2)c1. The quantitative estimate of drug-likeness (QED) is 0.679. The lowest BCUT2D eigenvalue weighted by Crippen LogP contribution is -2.37. The van der Waals surface area contributed by atoms with Crippen molar-refractivity contribution in [1.29, 1.82) is 0 Å². The fourth-order valence-corrected chi connectivity index (χ4v) is 4.66. The first-order chi connectivity index (χ1) is 14.3. The molecule has 0 saturated carbocycles. The lowest BCUT2D eigenvalue weighted by atomic mass is 10.2. The zero-order chi connectivity index (χ0) is 21.3. The molecule has 0 bridgehead atoms. The molecule has 7 nitrogen and oxygen atoms in total. The van der Waals surface area contributed by atoms with E-state index in [0.717, 1.165) is 5.56 Å². The maximum atomic E-state index is 12.5. The van der Waals surface area contributed by atoms with Gasteiger partial charge in [0.1, 0.15) is 22.9 Å². The van der Waals surface area contributed by atoms with Crippen LogP contribution in [0.5, 0.6) is 11.5 Å². The summed E-state index contributed by atoms with van der Waals surface area (Å²) < 4.78 is 31.4. The van der Waals surface area contributed by atoms with E-state index in [1.54, 1.807) is 30.3 Å². The summed E-state index contributed by atoms with van der Waals surface area (Å²) in [5.74, 6) is -0.0369. The molecule has 1 aliphatic rings. The van der Waals surface area contributed by atoms with Crippen LogP contribution in [-0.2, 0) is 14.8 Å². The summed E-state index contributed by atoms with van der Waals surface area (Å²) in [7, 11) is -4.02. The van der Waals surface area contributed by atoms with Crippen LogP contribution >= 0.6 is 0 Å². The lowest BCUT2D eigenvalue weighted by Gasteiger charge is -2.15. The zero-order valence-corrected chi connectivity index (χ0v) is 16.8. The van der Waals surface area contributed by atoms with E-state index in [9.17, 15) is 18.0 Å². The van der Waals surface area contributed by atoms with Crippen molar-refractivity contribution in [2.75, 3.05) is 11.9 Å². The summed E-state index contributed by atoms with van der Waals surface area (Å²) in [6, 6.07) is 20.2. The van der Waals surface area contributed by atoms with Crippen molar-refractivity contribution in [2.45, 2.75) is 11.8 Å². The second-order valence-electron chi connectivity index (χ2n) is 6.80. The van der Waals surface area contributed by atoms with Gasteiger partial charge in [0.15, 0.2) is 0 Å². The van der Waals surface area contributed by atoms with E-state index in [2.05, 4.69) is 5.32 Å². The molecule has 3 aromatic carbocycles. The first-order valence-corrected chi connectivity index (χ1v) is 10.6. The number of ether oxygens (including phenoxy) is 1. The average Bonchev–Trinajstić information content (AvgIpc) is 2.91. The summed E-state index contributed by atoms with van der Waals surface area (Å²) in [4.78, 5) is 24.7. The van der Waals surface area contributed by atoms with Crippen molar-refractivity contribution in [3.63, 3.8) is 0 Å². The van der Waals surface area contributed by atoms with Crippen LogP contribution in [0.3, 0.4) is 0 Å². The van der Waals surface area contributed by atoms with Crippen molar-refractivity contribution >= 4 is 27.5 Å². The van der Waals surface area contributed by atoms with Crippen LogP contribution in [0, 0.1) is 6.92 Å². The second kappa shape index (κ2) is 7.64. The van der Waals surface area contributed by atoms with Gasteiger partial charge in [0.2, 0.25) is 5.91 Å². The number of anilines is 1. The lowest BCUT2D eigenvalue weighted by molar-refractivity contribution is -0.116. The molecular formula is C22H18N2O5S. The summed E-state index contributed by atoms with van der Waals surface area (Å²) in [5.41, 5.74) is 1.60. The molecule has 0 atom stereocenters. The Morgan fingerprint density at radius 2 is 1.70 bits per heavy atom. The Bertz CT molecular complexity index is 1240. The van der Waals surface area contributed by atoms with Crippen LogP contribution in [0.1, 0.15) is 15.9 Å². The number of fused-ring (bicyclic) bond motifs is 1. The number of carbonyl (C=O) groups excluding carboxylic acids is 2. The van der Waals surface area contributed by atoms with Crippen molar-refractivity contribution in [1.82, 2.24) is 4.31 Å². The predicted molar refractivity (Wildman–Crippen MR) is 111 cm³/mol. The van der Waals surface area contributed by atoms with Crippen molar-refractivity contribution in [2.24, 2.45) is 0 Å². The van der Waals surface area contributed by atoms with E-state index in [-0.39, 0.29) is 10.5 Å². The number of carbonyl (C=O) groups is 2. The first kappa shape index (κ1) is 19.7. The maximum absolute atomic E-state index is 12.5. The third kappa shape index (κ3) is 3.77. The summed E-state index contributed by atoms with van der Waals surface area (Å²) in [5, 5.41) is 2.60. The molecule has 0 radical (unpaired) electrons. The van der Waals surface area contributed by atoms with Gasteiger partial charge >= 0.3 is 0 Å². The van der Waals surface area contributed by atoms with Gasteiger partial charge in [-0.15, -0.1) is 0 Å². The molecule has 8 heteroatoms. The summed E-state index contributed by atoms with van der Waals surface area (Å²) in [6.45, 7) is 1.37. The molecule has 152 valence electrons. The second-order valence-corrected chi connectivity index (χ2v) is 8.63. The minimum absolute atomic E-state index is 0.0722. The first-order valence-electron chi connectivity index (χ1n) is 9.15. The number of benzene rings is 3. The molecule has 0 unspecified atom stereocenters. The van der Waals surface area contributed by atoms with Crippen LogP contribution in [0.15, 0.2) is 77.7 Å². The van der Waals surface area contributed by atoms with Gasteiger partial charge in [-0.2, -0.15) is 0 Å². The van der Waals surface area contributed by atoms with Gasteiger partial charge in [0.25, 0.3) is 15.9 Å². The Morgan fingerprint density at radius 1 is 0.967 bits per heavy atom. The van der Waals surface area contributed by atoms with Crippen molar-refractivity contribution in [3.8, 4) is 11.5 Å². The molecular weight excluding hydrogens is 404 g/mol. The highest BCUT2D eigenvalue weighted by Gasteiger charge is 2.41. The third-order valence-corrected chi connectivity index (χ3v) is 6.35. The molecule has 0 saturated heterocycles. The molecule has 0 aliphatic carbocycles.